The van der Waals surface area contributed by atoms with E-state index in [0.29, 0.717) is 5.69 Å². The van der Waals surface area contributed by atoms with E-state index in [0.717, 1.165) is 13.0 Å². The molecular formula is C10H12ClNO2. The normalized spacial score (nSPS) is 9.86. The summed E-state index contributed by atoms with van der Waals surface area (Å²) in [5.41, 5.74) is 0.807. The number of carbonyl (C=O) groups is 1. The fraction of sp³-hybridized carbons (Fsp3) is 0.300. The molecule has 14 heavy (non-hydrogen) atoms. The van der Waals surface area contributed by atoms with E-state index in [4.69, 9.17) is 16.7 Å². The Morgan fingerprint density at radius 1 is 1.57 bits per heavy atom. The molecule has 0 saturated carbocycles. The van der Waals surface area contributed by atoms with Crippen LogP contribution in [0.25, 0.3) is 0 Å². The van der Waals surface area contributed by atoms with Crippen molar-refractivity contribution < 1.29 is 9.90 Å². The quantitative estimate of drug-likeness (QED) is 0.809. The van der Waals surface area contributed by atoms with Crippen molar-refractivity contribution in [1.29, 1.82) is 0 Å². The number of anilines is 1. The van der Waals surface area contributed by atoms with Crippen LogP contribution in [0.1, 0.15) is 23.7 Å². The molecule has 0 fully saturated rings. The molecule has 1 aromatic carbocycles. The topological polar surface area (TPSA) is 49.3 Å². The van der Waals surface area contributed by atoms with E-state index in [9.17, 15) is 4.79 Å². The number of hydrogen-bond donors (Lipinski definition) is 2. The van der Waals surface area contributed by atoms with Crippen LogP contribution in [0.15, 0.2) is 18.2 Å². The van der Waals surface area contributed by atoms with Gasteiger partial charge in [0.05, 0.1) is 16.3 Å². The molecule has 1 aromatic rings. The number of carboxylic acids is 1. The zero-order valence-corrected chi connectivity index (χ0v) is 8.64. The molecule has 0 amide bonds. The van der Waals surface area contributed by atoms with Crippen molar-refractivity contribution in [2.45, 2.75) is 13.3 Å². The molecule has 0 heterocycles. The highest BCUT2D eigenvalue weighted by molar-refractivity contribution is 6.36. The molecule has 4 heteroatoms. The lowest BCUT2D eigenvalue weighted by atomic mass is 10.2. The van der Waals surface area contributed by atoms with Gasteiger partial charge in [-0.25, -0.2) is 4.79 Å². The van der Waals surface area contributed by atoms with Crippen LogP contribution >= 0.6 is 11.6 Å². The zero-order chi connectivity index (χ0) is 10.6. The predicted molar refractivity (Wildman–Crippen MR) is 57.2 cm³/mol. The second-order valence-corrected chi connectivity index (χ2v) is 3.28. The Morgan fingerprint density at radius 2 is 2.29 bits per heavy atom. The van der Waals surface area contributed by atoms with Crippen LogP contribution in [0.2, 0.25) is 5.02 Å². The van der Waals surface area contributed by atoms with Crippen molar-refractivity contribution >= 4 is 23.3 Å². The monoisotopic (exact) mass is 213 g/mol. The molecule has 1 rings (SSSR count). The first-order valence-corrected chi connectivity index (χ1v) is 4.80. The fourth-order valence-corrected chi connectivity index (χ4v) is 1.37. The number of aromatic carboxylic acids is 1. The molecule has 0 unspecified atom stereocenters. The van der Waals surface area contributed by atoms with Crippen molar-refractivity contribution in [3.05, 3.63) is 28.8 Å². The Morgan fingerprint density at radius 3 is 2.86 bits per heavy atom. The predicted octanol–water partition coefficient (Wildman–Crippen LogP) is 2.86. The highest BCUT2D eigenvalue weighted by atomic mass is 35.5. The molecule has 0 aliphatic heterocycles. The Bertz CT molecular complexity index is 339. The average Bonchev–Trinajstić information content (AvgIpc) is 2.16. The third-order valence-electron chi connectivity index (χ3n) is 1.79. The van der Waals surface area contributed by atoms with E-state index in [1.54, 1.807) is 12.1 Å². The summed E-state index contributed by atoms with van der Waals surface area (Å²) in [4.78, 5) is 10.7. The Balaban J connectivity index is 2.95. The Kier molecular flexibility index (Phi) is 3.77. The molecule has 0 aliphatic carbocycles. The van der Waals surface area contributed by atoms with E-state index < -0.39 is 5.97 Å². The molecule has 0 aliphatic rings. The number of halogens is 1. The number of rotatable bonds is 4. The van der Waals surface area contributed by atoms with Crippen LogP contribution in [0, 0.1) is 0 Å². The van der Waals surface area contributed by atoms with Gasteiger partial charge in [0.2, 0.25) is 0 Å². The van der Waals surface area contributed by atoms with Crippen molar-refractivity contribution in [1.82, 2.24) is 0 Å². The minimum atomic E-state index is -1.00. The molecule has 0 radical (unpaired) electrons. The van der Waals surface area contributed by atoms with Gasteiger partial charge < -0.3 is 10.4 Å². The summed E-state index contributed by atoms with van der Waals surface area (Å²) in [5.74, 6) is -1.00. The molecule has 0 saturated heterocycles. The van der Waals surface area contributed by atoms with Gasteiger partial charge in [0, 0.05) is 6.54 Å². The zero-order valence-electron chi connectivity index (χ0n) is 7.88. The van der Waals surface area contributed by atoms with Crippen LogP contribution in [0.5, 0.6) is 0 Å². The van der Waals surface area contributed by atoms with Gasteiger partial charge >= 0.3 is 5.97 Å². The number of nitrogens with one attached hydrogen (secondary N) is 1. The highest BCUT2D eigenvalue weighted by Gasteiger charge is 2.10. The first-order chi connectivity index (χ1) is 6.66. The lowest BCUT2D eigenvalue weighted by Crippen LogP contribution is -2.04. The van der Waals surface area contributed by atoms with Crippen LogP contribution in [0.3, 0.4) is 0 Å². The van der Waals surface area contributed by atoms with Crippen molar-refractivity contribution in [3.8, 4) is 0 Å². The fourth-order valence-electron chi connectivity index (χ4n) is 1.09. The van der Waals surface area contributed by atoms with Crippen molar-refractivity contribution in [2.24, 2.45) is 0 Å². The lowest BCUT2D eigenvalue weighted by Gasteiger charge is -2.08. The van der Waals surface area contributed by atoms with E-state index >= 15 is 0 Å². The summed E-state index contributed by atoms with van der Waals surface area (Å²) in [6.07, 6.45) is 0.966. The third-order valence-corrected chi connectivity index (χ3v) is 2.20. The van der Waals surface area contributed by atoms with Gasteiger partial charge in [-0.2, -0.15) is 0 Å². The van der Waals surface area contributed by atoms with E-state index in [2.05, 4.69) is 5.32 Å². The molecule has 76 valence electrons. The maximum atomic E-state index is 10.7. The maximum Gasteiger partial charge on any atom is 0.337 e. The van der Waals surface area contributed by atoms with E-state index in [1.807, 2.05) is 6.92 Å². The standard InChI is InChI=1S/C10H12ClNO2/c1-2-6-12-8-5-3-4-7(9(8)11)10(13)14/h3-5,12H,2,6H2,1H3,(H,13,14). The molecule has 0 bridgehead atoms. The van der Waals surface area contributed by atoms with Crippen molar-refractivity contribution in [3.63, 3.8) is 0 Å². The van der Waals surface area contributed by atoms with Crippen LogP contribution < -0.4 is 5.32 Å². The maximum absolute atomic E-state index is 10.7. The Labute approximate surface area is 87.7 Å². The highest BCUT2D eigenvalue weighted by Crippen LogP contribution is 2.25. The van der Waals surface area contributed by atoms with Crippen LogP contribution in [-0.2, 0) is 0 Å². The van der Waals surface area contributed by atoms with Gasteiger partial charge in [0.25, 0.3) is 0 Å². The van der Waals surface area contributed by atoms with Gasteiger partial charge in [-0.15, -0.1) is 0 Å². The van der Waals surface area contributed by atoms with Gasteiger partial charge in [-0.05, 0) is 18.6 Å². The molecule has 0 spiro atoms. The Hall–Kier alpha value is -1.22. The van der Waals surface area contributed by atoms with Crippen LogP contribution in [-0.4, -0.2) is 17.6 Å². The number of carboxylic acid groups (broad SMARTS) is 1. The SMILES string of the molecule is CCCNc1cccc(C(=O)O)c1Cl. The molecule has 0 atom stereocenters. The van der Waals surface area contributed by atoms with Gasteiger partial charge in [0.1, 0.15) is 0 Å². The summed E-state index contributed by atoms with van der Waals surface area (Å²) in [6.45, 7) is 2.81. The number of benzene rings is 1. The first kappa shape index (κ1) is 10.9. The number of hydrogen-bond acceptors (Lipinski definition) is 2. The lowest BCUT2D eigenvalue weighted by molar-refractivity contribution is 0.0697. The summed E-state index contributed by atoms with van der Waals surface area (Å²) < 4.78 is 0. The second kappa shape index (κ2) is 4.86. The molecule has 3 nitrogen and oxygen atoms in total. The van der Waals surface area contributed by atoms with Gasteiger partial charge in [0.15, 0.2) is 0 Å². The first-order valence-electron chi connectivity index (χ1n) is 4.42. The molecule has 0 aromatic heterocycles. The summed E-state index contributed by atoms with van der Waals surface area (Å²) in [7, 11) is 0. The summed E-state index contributed by atoms with van der Waals surface area (Å²) >= 11 is 5.90. The minimum Gasteiger partial charge on any atom is -0.478 e. The summed E-state index contributed by atoms with van der Waals surface area (Å²) in [5, 5.41) is 12.1. The molecule has 2 N–H and O–H groups in total. The summed E-state index contributed by atoms with van der Waals surface area (Å²) in [6, 6.07) is 4.93. The second-order valence-electron chi connectivity index (χ2n) is 2.90. The van der Waals surface area contributed by atoms with Crippen LogP contribution in [0.4, 0.5) is 5.69 Å². The molecular weight excluding hydrogens is 202 g/mol. The van der Waals surface area contributed by atoms with Crippen molar-refractivity contribution in [2.75, 3.05) is 11.9 Å². The van der Waals surface area contributed by atoms with Gasteiger partial charge in [-0.3, -0.25) is 0 Å². The third kappa shape index (κ3) is 2.39. The largest absolute Gasteiger partial charge is 0.478 e. The average molecular weight is 214 g/mol. The van der Waals surface area contributed by atoms with E-state index in [-0.39, 0.29) is 10.6 Å². The smallest absolute Gasteiger partial charge is 0.337 e. The van der Waals surface area contributed by atoms with E-state index in [1.165, 1.54) is 6.07 Å². The minimum absolute atomic E-state index is 0.132. The van der Waals surface area contributed by atoms with Gasteiger partial charge in [-0.1, -0.05) is 24.6 Å².